The van der Waals surface area contributed by atoms with E-state index in [4.69, 9.17) is 10.6 Å². The lowest BCUT2D eigenvalue weighted by Crippen LogP contribution is -2.48. The Morgan fingerprint density at radius 2 is 2.37 bits per heavy atom. The number of rotatable bonds is 3. The molecule has 0 bridgehead atoms. The molecule has 0 radical (unpaired) electrons. The average Bonchev–Trinajstić information content (AvgIpc) is 2.38. The summed E-state index contributed by atoms with van der Waals surface area (Å²) in [6.07, 6.45) is 7.62. The molecular formula is C14H22N4O. The number of hydrogen-bond donors (Lipinski definition) is 2. The highest BCUT2D eigenvalue weighted by Gasteiger charge is 2.44. The summed E-state index contributed by atoms with van der Waals surface area (Å²) in [5.74, 6) is 7.07. The van der Waals surface area contributed by atoms with E-state index in [0.717, 1.165) is 31.0 Å². The predicted molar refractivity (Wildman–Crippen MR) is 72.1 cm³/mol. The van der Waals surface area contributed by atoms with Crippen LogP contribution in [0, 0.1) is 12.8 Å². The van der Waals surface area contributed by atoms with E-state index in [0.29, 0.717) is 5.92 Å². The van der Waals surface area contributed by atoms with Crippen LogP contribution >= 0.6 is 0 Å². The maximum Gasteiger partial charge on any atom is 0.125 e. The lowest BCUT2D eigenvalue weighted by Gasteiger charge is -2.48. The molecule has 0 aromatic carbocycles. The monoisotopic (exact) mass is 262 g/mol. The highest BCUT2D eigenvalue weighted by atomic mass is 16.5. The van der Waals surface area contributed by atoms with Crippen LogP contribution < -0.4 is 11.3 Å². The number of aryl methyl sites for hydroxylation is 1. The van der Waals surface area contributed by atoms with E-state index >= 15 is 0 Å². The molecule has 1 spiro atoms. The van der Waals surface area contributed by atoms with Gasteiger partial charge in [-0.2, -0.15) is 0 Å². The van der Waals surface area contributed by atoms with E-state index in [2.05, 4.69) is 15.4 Å². The lowest BCUT2D eigenvalue weighted by molar-refractivity contribution is -0.147. The summed E-state index contributed by atoms with van der Waals surface area (Å²) in [5, 5.41) is 0. The minimum atomic E-state index is 0.100. The molecule has 3 rings (SSSR count). The van der Waals surface area contributed by atoms with Crippen molar-refractivity contribution in [1.29, 1.82) is 0 Å². The molecule has 1 saturated carbocycles. The molecule has 1 aliphatic carbocycles. The summed E-state index contributed by atoms with van der Waals surface area (Å²) < 4.78 is 5.98. The number of nitrogens with zero attached hydrogens (tertiary/aromatic N) is 2. The van der Waals surface area contributed by atoms with Crippen molar-refractivity contribution >= 4 is 0 Å². The maximum absolute atomic E-state index is 5.98. The van der Waals surface area contributed by atoms with Crippen LogP contribution in [0.15, 0.2) is 12.3 Å². The molecule has 5 heteroatoms. The Labute approximate surface area is 113 Å². The second-order valence-corrected chi connectivity index (χ2v) is 5.81. The molecule has 2 atom stereocenters. The molecular weight excluding hydrogens is 240 g/mol. The Morgan fingerprint density at radius 1 is 1.53 bits per heavy atom. The quantitative estimate of drug-likeness (QED) is 0.640. The van der Waals surface area contributed by atoms with Crippen LogP contribution in [0.2, 0.25) is 0 Å². The van der Waals surface area contributed by atoms with E-state index in [9.17, 15) is 0 Å². The second-order valence-electron chi connectivity index (χ2n) is 5.81. The molecule has 1 saturated heterocycles. The fourth-order valence-electron chi connectivity index (χ4n) is 3.38. The summed E-state index contributed by atoms with van der Waals surface area (Å²) in [7, 11) is 0. The van der Waals surface area contributed by atoms with Crippen molar-refractivity contribution in [1.82, 2.24) is 15.4 Å². The number of hydrogen-bond acceptors (Lipinski definition) is 5. The molecule has 19 heavy (non-hydrogen) atoms. The Morgan fingerprint density at radius 3 is 3.00 bits per heavy atom. The maximum atomic E-state index is 5.98. The molecule has 0 amide bonds. The van der Waals surface area contributed by atoms with Gasteiger partial charge in [-0.3, -0.25) is 11.3 Å². The van der Waals surface area contributed by atoms with E-state index in [1.807, 2.05) is 13.0 Å². The van der Waals surface area contributed by atoms with E-state index in [1.165, 1.54) is 19.3 Å². The number of hydrazine groups is 1. The Balaban J connectivity index is 1.78. The van der Waals surface area contributed by atoms with Crippen molar-refractivity contribution < 1.29 is 4.74 Å². The SMILES string of the molecule is Cc1nccc(C(NN)C2CCOC3(CCC3)C2)n1. The minimum absolute atomic E-state index is 0.100. The Bertz CT molecular complexity index is 447. The van der Waals surface area contributed by atoms with Gasteiger partial charge in [-0.1, -0.05) is 0 Å². The van der Waals surface area contributed by atoms with Gasteiger partial charge in [-0.05, 0) is 51.0 Å². The highest BCUT2D eigenvalue weighted by molar-refractivity contribution is 5.10. The van der Waals surface area contributed by atoms with Gasteiger partial charge in [-0.15, -0.1) is 0 Å². The standard InChI is InChI=1S/C14H22N4O/c1-10-16-7-3-12(17-10)13(18-15)11-4-8-19-14(9-11)5-2-6-14/h3,7,11,13,18H,2,4-6,8-9,15H2,1H3. The number of nitrogens with two attached hydrogens (primary N) is 1. The van der Waals surface area contributed by atoms with Gasteiger partial charge in [-0.25, -0.2) is 9.97 Å². The third kappa shape index (κ3) is 2.50. The topological polar surface area (TPSA) is 73.1 Å². The number of nitrogens with one attached hydrogen (secondary N) is 1. The van der Waals surface area contributed by atoms with Gasteiger partial charge >= 0.3 is 0 Å². The van der Waals surface area contributed by atoms with Crippen LogP contribution in [0.4, 0.5) is 0 Å². The van der Waals surface area contributed by atoms with Crippen LogP contribution in [0.1, 0.15) is 49.7 Å². The van der Waals surface area contributed by atoms with Crippen LogP contribution in [0.25, 0.3) is 0 Å². The Hall–Kier alpha value is -1.04. The first-order chi connectivity index (χ1) is 9.22. The molecule has 2 fully saturated rings. The van der Waals surface area contributed by atoms with E-state index in [-0.39, 0.29) is 11.6 Å². The van der Waals surface area contributed by atoms with Gasteiger partial charge in [0, 0.05) is 12.8 Å². The highest BCUT2D eigenvalue weighted by Crippen LogP contribution is 2.46. The smallest absolute Gasteiger partial charge is 0.125 e. The van der Waals surface area contributed by atoms with Crippen LogP contribution in [-0.2, 0) is 4.74 Å². The second kappa shape index (κ2) is 5.15. The largest absolute Gasteiger partial charge is 0.375 e. The van der Waals surface area contributed by atoms with Crippen molar-refractivity contribution in [2.24, 2.45) is 11.8 Å². The van der Waals surface area contributed by atoms with Crippen molar-refractivity contribution in [3.63, 3.8) is 0 Å². The molecule has 2 aliphatic rings. The van der Waals surface area contributed by atoms with Crippen LogP contribution in [0.3, 0.4) is 0 Å². The predicted octanol–water partition coefficient (Wildman–Crippen LogP) is 1.64. The van der Waals surface area contributed by atoms with E-state index in [1.54, 1.807) is 6.20 Å². The van der Waals surface area contributed by atoms with Gasteiger partial charge in [0.25, 0.3) is 0 Å². The van der Waals surface area contributed by atoms with Crippen molar-refractivity contribution in [2.45, 2.75) is 50.7 Å². The third-order valence-corrected chi connectivity index (χ3v) is 4.56. The summed E-state index contributed by atoms with van der Waals surface area (Å²) in [6.45, 7) is 2.75. The molecule has 5 nitrogen and oxygen atoms in total. The molecule has 3 N–H and O–H groups in total. The zero-order valence-electron chi connectivity index (χ0n) is 11.4. The first-order valence-electron chi connectivity index (χ1n) is 7.12. The molecule has 2 heterocycles. The van der Waals surface area contributed by atoms with Crippen molar-refractivity contribution in [3.8, 4) is 0 Å². The van der Waals surface area contributed by atoms with Crippen LogP contribution in [-0.4, -0.2) is 22.2 Å². The van der Waals surface area contributed by atoms with E-state index < -0.39 is 0 Å². The zero-order valence-corrected chi connectivity index (χ0v) is 11.4. The Kier molecular flexibility index (Phi) is 3.52. The normalized spacial score (nSPS) is 26.9. The van der Waals surface area contributed by atoms with Gasteiger partial charge < -0.3 is 4.74 Å². The van der Waals surface area contributed by atoms with Crippen molar-refractivity contribution in [3.05, 3.63) is 23.8 Å². The first kappa shape index (κ1) is 13.0. The minimum Gasteiger partial charge on any atom is -0.375 e. The molecule has 1 aliphatic heterocycles. The molecule has 104 valence electrons. The van der Waals surface area contributed by atoms with Gasteiger partial charge in [0.1, 0.15) is 5.82 Å². The lowest BCUT2D eigenvalue weighted by atomic mass is 9.70. The van der Waals surface area contributed by atoms with Gasteiger partial charge in [0.2, 0.25) is 0 Å². The first-order valence-corrected chi connectivity index (χ1v) is 7.12. The average molecular weight is 262 g/mol. The molecule has 1 aromatic heterocycles. The molecule has 2 unspecified atom stereocenters. The summed E-state index contributed by atoms with van der Waals surface area (Å²) in [4.78, 5) is 8.67. The third-order valence-electron chi connectivity index (χ3n) is 4.56. The number of ether oxygens (including phenoxy) is 1. The zero-order chi connectivity index (χ0) is 13.3. The van der Waals surface area contributed by atoms with Gasteiger partial charge in [0.05, 0.1) is 17.3 Å². The summed E-state index contributed by atoms with van der Waals surface area (Å²) in [5.41, 5.74) is 4.09. The van der Waals surface area contributed by atoms with Crippen molar-refractivity contribution in [2.75, 3.05) is 6.61 Å². The summed E-state index contributed by atoms with van der Waals surface area (Å²) in [6, 6.07) is 2.06. The van der Waals surface area contributed by atoms with Crippen LogP contribution in [0.5, 0.6) is 0 Å². The van der Waals surface area contributed by atoms with Gasteiger partial charge in [0.15, 0.2) is 0 Å². The number of aromatic nitrogens is 2. The summed E-state index contributed by atoms with van der Waals surface area (Å²) >= 11 is 0. The fraction of sp³-hybridized carbons (Fsp3) is 0.714. The molecule has 1 aromatic rings. The fourth-order valence-corrected chi connectivity index (χ4v) is 3.38.